The van der Waals surface area contributed by atoms with E-state index in [4.69, 9.17) is 9.47 Å². The normalized spacial score (nSPS) is 14.5. The summed E-state index contributed by atoms with van der Waals surface area (Å²) in [5, 5.41) is 16.2. The number of carbonyl (C=O) groups excluding carboxylic acids is 1. The standard InChI is InChI=1S/C25H27N3O5/c1-32-21-13-12-17(14-22(21)33-2)28-24(30)19-11-7-6-10-18(19)20(25(28)31)15-26-27-23(29)16-8-4-3-5-9-16/h6-7,10-16,31H,3-5,8-9H2,1-2H3,(H,27,29)/b26-15-. The van der Waals surface area contributed by atoms with Gasteiger partial charge in [-0.3, -0.25) is 9.59 Å². The molecule has 33 heavy (non-hydrogen) atoms. The maximum atomic E-state index is 13.3. The van der Waals surface area contributed by atoms with Crippen molar-refractivity contribution in [2.45, 2.75) is 32.1 Å². The number of aromatic hydroxyl groups is 1. The van der Waals surface area contributed by atoms with E-state index in [-0.39, 0.29) is 17.7 Å². The van der Waals surface area contributed by atoms with Crippen molar-refractivity contribution in [2.75, 3.05) is 14.2 Å². The summed E-state index contributed by atoms with van der Waals surface area (Å²) < 4.78 is 11.8. The van der Waals surface area contributed by atoms with Crippen LogP contribution in [0.5, 0.6) is 17.4 Å². The molecule has 0 unspecified atom stereocenters. The van der Waals surface area contributed by atoms with E-state index in [1.807, 2.05) is 0 Å². The molecule has 0 spiro atoms. The van der Waals surface area contributed by atoms with Gasteiger partial charge < -0.3 is 14.6 Å². The molecule has 1 fully saturated rings. The van der Waals surface area contributed by atoms with Gasteiger partial charge in [-0.2, -0.15) is 5.10 Å². The minimum absolute atomic E-state index is 0.0399. The van der Waals surface area contributed by atoms with Crippen LogP contribution in [0.1, 0.15) is 37.7 Å². The van der Waals surface area contributed by atoms with E-state index in [0.29, 0.717) is 33.5 Å². The molecule has 1 aromatic heterocycles. The van der Waals surface area contributed by atoms with E-state index in [9.17, 15) is 14.7 Å². The number of hydrazone groups is 1. The zero-order valence-corrected chi connectivity index (χ0v) is 18.7. The summed E-state index contributed by atoms with van der Waals surface area (Å²) in [6.07, 6.45) is 6.35. The van der Waals surface area contributed by atoms with Gasteiger partial charge in [-0.15, -0.1) is 0 Å². The Labute approximate surface area is 191 Å². The Morgan fingerprint density at radius 1 is 1.06 bits per heavy atom. The van der Waals surface area contributed by atoms with Gasteiger partial charge in [-0.1, -0.05) is 37.5 Å². The number of nitrogens with one attached hydrogen (secondary N) is 1. The van der Waals surface area contributed by atoms with Crippen molar-refractivity contribution in [2.24, 2.45) is 11.0 Å². The summed E-state index contributed by atoms with van der Waals surface area (Å²) in [5.74, 6) is 0.470. The molecule has 2 aromatic carbocycles. The van der Waals surface area contributed by atoms with E-state index < -0.39 is 5.56 Å². The third-order valence-electron chi connectivity index (χ3n) is 6.07. The molecule has 2 N–H and O–H groups in total. The van der Waals surface area contributed by atoms with Crippen molar-refractivity contribution < 1.29 is 19.4 Å². The maximum absolute atomic E-state index is 13.3. The van der Waals surface area contributed by atoms with Gasteiger partial charge in [0, 0.05) is 22.8 Å². The highest BCUT2D eigenvalue weighted by Gasteiger charge is 2.21. The summed E-state index contributed by atoms with van der Waals surface area (Å²) in [4.78, 5) is 25.7. The third-order valence-corrected chi connectivity index (χ3v) is 6.07. The number of methoxy groups -OCH3 is 2. The second-order valence-corrected chi connectivity index (χ2v) is 8.03. The fraction of sp³-hybridized carbons (Fsp3) is 0.320. The maximum Gasteiger partial charge on any atom is 0.265 e. The molecule has 1 saturated carbocycles. The second kappa shape index (κ2) is 9.77. The summed E-state index contributed by atoms with van der Waals surface area (Å²) in [5.41, 5.74) is 2.93. The molecule has 0 radical (unpaired) electrons. The molecule has 0 bridgehead atoms. The first-order valence-corrected chi connectivity index (χ1v) is 11.0. The van der Waals surface area contributed by atoms with Crippen LogP contribution < -0.4 is 20.5 Å². The van der Waals surface area contributed by atoms with Crippen molar-refractivity contribution in [3.05, 3.63) is 58.4 Å². The van der Waals surface area contributed by atoms with Gasteiger partial charge >= 0.3 is 0 Å². The number of nitrogens with zero attached hydrogens (tertiary/aromatic N) is 2. The lowest BCUT2D eigenvalue weighted by Gasteiger charge is -2.19. The van der Waals surface area contributed by atoms with Gasteiger partial charge in [-0.25, -0.2) is 9.99 Å². The minimum Gasteiger partial charge on any atom is -0.494 e. The predicted octanol–water partition coefficient (Wildman–Crippen LogP) is 3.74. The van der Waals surface area contributed by atoms with Gasteiger partial charge in [0.2, 0.25) is 11.8 Å². The average Bonchev–Trinajstić information content (AvgIpc) is 2.86. The van der Waals surface area contributed by atoms with Crippen molar-refractivity contribution in [1.29, 1.82) is 0 Å². The fourth-order valence-corrected chi connectivity index (χ4v) is 4.31. The number of benzene rings is 2. The molecule has 172 valence electrons. The van der Waals surface area contributed by atoms with Crippen LogP contribution in [-0.2, 0) is 4.79 Å². The van der Waals surface area contributed by atoms with Crippen molar-refractivity contribution >= 4 is 22.9 Å². The van der Waals surface area contributed by atoms with Gasteiger partial charge in [0.15, 0.2) is 11.5 Å². The fourth-order valence-electron chi connectivity index (χ4n) is 4.31. The lowest BCUT2D eigenvalue weighted by molar-refractivity contribution is -0.125. The largest absolute Gasteiger partial charge is 0.494 e. The Bertz CT molecular complexity index is 1260. The summed E-state index contributed by atoms with van der Waals surface area (Å²) >= 11 is 0. The van der Waals surface area contributed by atoms with Crippen molar-refractivity contribution in [3.63, 3.8) is 0 Å². The Balaban J connectivity index is 1.77. The average molecular weight is 450 g/mol. The number of fused-ring (bicyclic) bond motifs is 1. The molecule has 0 aliphatic heterocycles. The van der Waals surface area contributed by atoms with Crippen LogP contribution in [0.2, 0.25) is 0 Å². The lowest BCUT2D eigenvalue weighted by atomic mass is 9.89. The number of carbonyl (C=O) groups is 1. The van der Waals surface area contributed by atoms with Gasteiger partial charge in [0.25, 0.3) is 5.56 Å². The smallest absolute Gasteiger partial charge is 0.265 e. The summed E-state index contributed by atoms with van der Waals surface area (Å²) in [6.45, 7) is 0. The minimum atomic E-state index is -0.390. The van der Waals surface area contributed by atoms with Crippen molar-refractivity contribution in [1.82, 2.24) is 9.99 Å². The molecule has 4 rings (SSSR count). The first-order chi connectivity index (χ1) is 16.0. The van der Waals surface area contributed by atoms with Crippen LogP contribution in [0, 0.1) is 5.92 Å². The number of rotatable bonds is 6. The molecule has 1 aliphatic rings. The second-order valence-electron chi connectivity index (χ2n) is 8.03. The highest BCUT2D eigenvalue weighted by Crippen LogP contribution is 2.32. The zero-order valence-electron chi connectivity index (χ0n) is 18.7. The first kappa shape index (κ1) is 22.4. The number of ether oxygens (including phenoxy) is 2. The van der Waals surface area contributed by atoms with E-state index >= 15 is 0 Å². The van der Waals surface area contributed by atoms with Gasteiger partial charge in [0.05, 0.1) is 31.7 Å². The number of aromatic nitrogens is 1. The zero-order chi connectivity index (χ0) is 23.4. The van der Waals surface area contributed by atoms with E-state index in [1.165, 1.54) is 25.0 Å². The van der Waals surface area contributed by atoms with E-state index in [0.717, 1.165) is 32.1 Å². The van der Waals surface area contributed by atoms with Crippen LogP contribution in [0.25, 0.3) is 16.5 Å². The number of pyridine rings is 1. The topological polar surface area (TPSA) is 102 Å². The Hall–Kier alpha value is -3.81. The molecule has 0 saturated heterocycles. The predicted molar refractivity (Wildman–Crippen MR) is 127 cm³/mol. The Kier molecular flexibility index (Phi) is 6.63. The Morgan fingerprint density at radius 2 is 1.76 bits per heavy atom. The van der Waals surface area contributed by atoms with Crippen LogP contribution in [0.15, 0.2) is 52.4 Å². The van der Waals surface area contributed by atoms with Crippen LogP contribution in [0.3, 0.4) is 0 Å². The number of hydrogen-bond donors (Lipinski definition) is 2. The highest BCUT2D eigenvalue weighted by molar-refractivity contribution is 6.02. The van der Waals surface area contributed by atoms with Gasteiger partial charge in [-0.05, 0) is 31.0 Å². The monoisotopic (exact) mass is 449 g/mol. The van der Waals surface area contributed by atoms with Crippen LogP contribution in [-0.4, -0.2) is 36.0 Å². The van der Waals surface area contributed by atoms with Crippen LogP contribution in [0.4, 0.5) is 0 Å². The van der Waals surface area contributed by atoms with E-state index in [2.05, 4.69) is 10.5 Å². The van der Waals surface area contributed by atoms with E-state index in [1.54, 1.807) is 42.5 Å². The molecule has 8 nitrogen and oxygen atoms in total. The van der Waals surface area contributed by atoms with Gasteiger partial charge in [0.1, 0.15) is 0 Å². The third kappa shape index (κ3) is 4.41. The highest BCUT2D eigenvalue weighted by atomic mass is 16.5. The molecule has 3 aromatic rings. The quantitative estimate of drug-likeness (QED) is 0.441. The first-order valence-electron chi connectivity index (χ1n) is 11.0. The molecular weight excluding hydrogens is 422 g/mol. The molecular formula is C25H27N3O5. The van der Waals surface area contributed by atoms with Crippen LogP contribution >= 0.6 is 0 Å². The number of hydrogen-bond acceptors (Lipinski definition) is 6. The molecule has 1 aliphatic carbocycles. The lowest BCUT2D eigenvalue weighted by Crippen LogP contribution is -2.28. The molecule has 8 heteroatoms. The van der Waals surface area contributed by atoms with Crippen molar-refractivity contribution in [3.8, 4) is 23.1 Å². The number of amides is 1. The SMILES string of the molecule is COc1ccc(-n2c(O)c(/C=N\NC(=O)C3CCCCC3)c3ccccc3c2=O)cc1OC. The molecule has 1 heterocycles. The Morgan fingerprint density at radius 3 is 2.45 bits per heavy atom. The molecule has 0 atom stereocenters. The summed E-state index contributed by atoms with van der Waals surface area (Å²) in [7, 11) is 3.02. The molecule has 1 amide bonds. The summed E-state index contributed by atoms with van der Waals surface area (Å²) in [6, 6.07) is 11.9.